The summed E-state index contributed by atoms with van der Waals surface area (Å²) < 4.78 is 7.38. The normalized spacial score (nSPS) is 11.0. The molecule has 24 heavy (non-hydrogen) atoms. The van der Waals surface area contributed by atoms with Gasteiger partial charge in [0.25, 0.3) is 5.91 Å². The van der Waals surface area contributed by atoms with E-state index in [0.29, 0.717) is 22.5 Å². The number of halogens is 1. The van der Waals surface area contributed by atoms with Crippen molar-refractivity contribution in [1.82, 2.24) is 14.8 Å². The lowest BCUT2D eigenvalue weighted by molar-refractivity contribution is 0.0994. The maximum absolute atomic E-state index is 12.2. The highest BCUT2D eigenvalue weighted by Gasteiger charge is 2.16. The predicted octanol–water partition coefficient (Wildman–Crippen LogP) is 4.12. The lowest BCUT2D eigenvalue weighted by Gasteiger charge is -2.02. The zero-order valence-corrected chi connectivity index (χ0v) is 15.4. The highest BCUT2D eigenvalue weighted by atomic mass is 35.5. The van der Waals surface area contributed by atoms with Crippen molar-refractivity contribution in [2.45, 2.75) is 34.2 Å². The first-order chi connectivity index (χ1) is 11.3. The Labute approximate surface area is 148 Å². The number of rotatable bonds is 4. The van der Waals surface area contributed by atoms with E-state index in [1.165, 1.54) is 11.3 Å². The van der Waals surface area contributed by atoms with Crippen LogP contribution in [0.2, 0.25) is 5.02 Å². The van der Waals surface area contributed by atoms with Gasteiger partial charge in [-0.15, -0.1) is 11.3 Å². The number of carbonyl (C=O) groups excluding carboxylic acids is 1. The van der Waals surface area contributed by atoms with Gasteiger partial charge < -0.3 is 4.42 Å². The van der Waals surface area contributed by atoms with Gasteiger partial charge in [-0.1, -0.05) is 11.6 Å². The monoisotopic (exact) mass is 364 g/mol. The molecule has 0 bridgehead atoms. The van der Waals surface area contributed by atoms with Crippen molar-refractivity contribution in [2.75, 3.05) is 5.32 Å². The third-order valence-electron chi connectivity index (χ3n) is 3.73. The first-order valence-electron chi connectivity index (χ1n) is 7.38. The molecule has 3 aromatic rings. The summed E-state index contributed by atoms with van der Waals surface area (Å²) in [7, 11) is 0. The number of nitrogens with zero attached hydrogens (tertiary/aromatic N) is 3. The van der Waals surface area contributed by atoms with Crippen LogP contribution in [0, 0.1) is 27.7 Å². The first-order valence-corrected chi connectivity index (χ1v) is 8.58. The summed E-state index contributed by atoms with van der Waals surface area (Å²) in [4.78, 5) is 17.6. The minimum absolute atomic E-state index is 0.239. The number of thiazole rings is 1. The molecule has 3 aromatic heterocycles. The van der Waals surface area contributed by atoms with Gasteiger partial charge >= 0.3 is 0 Å². The standard InChI is InChI=1S/C16H17ClN4O2S/c1-8-11(4)24-16(18-8)19-15(22)13-6-5-12(23-13)7-21-10(3)14(17)9(2)20-21/h5-6H,7H2,1-4H3,(H,18,19,22). The van der Waals surface area contributed by atoms with Crippen LogP contribution in [-0.2, 0) is 6.54 Å². The van der Waals surface area contributed by atoms with Gasteiger partial charge in [-0.2, -0.15) is 5.10 Å². The van der Waals surface area contributed by atoms with E-state index in [-0.39, 0.29) is 11.7 Å². The van der Waals surface area contributed by atoms with Crippen molar-refractivity contribution in [3.05, 3.63) is 50.6 Å². The Morgan fingerprint density at radius 1 is 1.29 bits per heavy atom. The van der Waals surface area contributed by atoms with Crippen LogP contribution in [0.15, 0.2) is 16.5 Å². The van der Waals surface area contributed by atoms with Crippen molar-refractivity contribution in [2.24, 2.45) is 0 Å². The maximum Gasteiger partial charge on any atom is 0.293 e. The average molecular weight is 365 g/mol. The Hall–Kier alpha value is -2.12. The van der Waals surface area contributed by atoms with E-state index in [1.807, 2.05) is 27.7 Å². The van der Waals surface area contributed by atoms with Crippen LogP contribution < -0.4 is 5.32 Å². The fraction of sp³-hybridized carbons (Fsp3) is 0.312. The Morgan fingerprint density at radius 3 is 2.62 bits per heavy atom. The molecule has 0 unspecified atom stereocenters. The molecule has 8 heteroatoms. The summed E-state index contributed by atoms with van der Waals surface area (Å²) in [6, 6.07) is 3.41. The Morgan fingerprint density at radius 2 is 2.04 bits per heavy atom. The van der Waals surface area contributed by atoms with E-state index < -0.39 is 0 Å². The number of amides is 1. The molecule has 6 nitrogen and oxygen atoms in total. The molecule has 0 aliphatic rings. The molecule has 1 N–H and O–H groups in total. The number of aryl methyl sites for hydroxylation is 3. The fourth-order valence-electron chi connectivity index (χ4n) is 2.25. The third-order valence-corrected chi connectivity index (χ3v) is 5.27. The van der Waals surface area contributed by atoms with E-state index in [2.05, 4.69) is 15.4 Å². The van der Waals surface area contributed by atoms with Gasteiger partial charge in [-0.05, 0) is 39.8 Å². The lowest BCUT2D eigenvalue weighted by atomic mass is 10.4. The molecule has 0 aliphatic carbocycles. The summed E-state index contributed by atoms with van der Waals surface area (Å²) in [5, 5.41) is 8.32. The topological polar surface area (TPSA) is 73.0 Å². The van der Waals surface area contributed by atoms with Crippen LogP contribution in [0.5, 0.6) is 0 Å². The van der Waals surface area contributed by atoms with Crippen molar-refractivity contribution in [3.8, 4) is 0 Å². The van der Waals surface area contributed by atoms with Crippen LogP contribution in [0.3, 0.4) is 0 Å². The summed E-state index contributed by atoms with van der Waals surface area (Å²) in [5.74, 6) is 0.554. The highest BCUT2D eigenvalue weighted by molar-refractivity contribution is 7.15. The Balaban J connectivity index is 1.72. The SMILES string of the molecule is Cc1nc(NC(=O)c2ccc(Cn3nc(C)c(Cl)c3C)o2)sc1C. The van der Waals surface area contributed by atoms with E-state index in [1.54, 1.807) is 16.8 Å². The fourth-order valence-corrected chi connectivity index (χ4v) is 3.19. The maximum atomic E-state index is 12.2. The number of nitrogens with one attached hydrogen (secondary N) is 1. The molecule has 0 saturated carbocycles. The summed E-state index contributed by atoms with van der Waals surface area (Å²) in [5.41, 5.74) is 2.55. The van der Waals surface area contributed by atoms with Gasteiger partial charge in [0.2, 0.25) is 0 Å². The van der Waals surface area contributed by atoms with Crippen LogP contribution in [0.1, 0.15) is 38.3 Å². The average Bonchev–Trinajstić information content (AvgIpc) is 3.17. The molecule has 0 fully saturated rings. The molecule has 0 saturated heterocycles. The molecule has 3 heterocycles. The minimum atomic E-state index is -0.318. The van der Waals surface area contributed by atoms with Crippen LogP contribution >= 0.6 is 22.9 Å². The quantitative estimate of drug-likeness (QED) is 0.755. The van der Waals surface area contributed by atoms with Crippen molar-refractivity contribution < 1.29 is 9.21 Å². The molecule has 3 rings (SSSR count). The van der Waals surface area contributed by atoms with Crippen LogP contribution in [0.25, 0.3) is 0 Å². The third kappa shape index (κ3) is 3.22. The van der Waals surface area contributed by atoms with Gasteiger partial charge in [0.15, 0.2) is 10.9 Å². The van der Waals surface area contributed by atoms with Gasteiger partial charge in [0.05, 0.1) is 28.6 Å². The summed E-state index contributed by atoms with van der Waals surface area (Å²) in [6.07, 6.45) is 0. The van der Waals surface area contributed by atoms with Crippen molar-refractivity contribution in [1.29, 1.82) is 0 Å². The predicted molar refractivity (Wildman–Crippen MR) is 94.1 cm³/mol. The molecular formula is C16H17ClN4O2S. The number of anilines is 1. The van der Waals surface area contributed by atoms with E-state index in [4.69, 9.17) is 16.0 Å². The zero-order valence-electron chi connectivity index (χ0n) is 13.8. The van der Waals surface area contributed by atoms with Crippen molar-refractivity contribution in [3.63, 3.8) is 0 Å². The first kappa shape index (κ1) is 16.7. The molecule has 1 amide bonds. The molecule has 0 radical (unpaired) electrons. The smallest absolute Gasteiger partial charge is 0.293 e. The summed E-state index contributed by atoms with van der Waals surface area (Å²) >= 11 is 7.58. The minimum Gasteiger partial charge on any atom is -0.454 e. The zero-order chi connectivity index (χ0) is 17.4. The Kier molecular flexibility index (Phi) is 4.47. The number of hydrogen-bond donors (Lipinski definition) is 1. The Bertz CT molecular complexity index is 890. The van der Waals surface area contributed by atoms with Gasteiger partial charge in [-0.25, -0.2) is 4.98 Å². The van der Waals surface area contributed by atoms with E-state index >= 15 is 0 Å². The van der Waals surface area contributed by atoms with Crippen LogP contribution in [0.4, 0.5) is 5.13 Å². The number of carbonyl (C=O) groups is 1. The van der Waals surface area contributed by atoms with Gasteiger partial charge in [0, 0.05) is 4.88 Å². The number of aromatic nitrogens is 3. The van der Waals surface area contributed by atoms with E-state index in [0.717, 1.165) is 22.0 Å². The second kappa shape index (κ2) is 6.41. The molecular weight excluding hydrogens is 348 g/mol. The number of furan rings is 1. The largest absolute Gasteiger partial charge is 0.454 e. The second-order valence-corrected chi connectivity index (χ2v) is 7.10. The summed E-state index contributed by atoms with van der Waals surface area (Å²) in [6.45, 7) is 8.04. The van der Waals surface area contributed by atoms with Gasteiger partial charge in [0.1, 0.15) is 5.76 Å². The van der Waals surface area contributed by atoms with E-state index in [9.17, 15) is 4.79 Å². The molecule has 0 spiro atoms. The molecule has 0 atom stereocenters. The van der Waals surface area contributed by atoms with Gasteiger partial charge in [-0.3, -0.25) is 14.8 Å². The molecule has 0 aromatic carbocycles. The number of hydrogen-bond acceptors (Lipinski definition) is 5. The second-order valence-electron chi connectivity index (χ2n) is 5.52. The lowest BCUT2D eigenvalue weighted by Crippen LogP contribution is -2.10. The molecule has 0 aliphatic heterocycles. The van der Waals surface area contributed by atoms with Crippen LogP contribution in [-0.4, -0.2) is 20.7 Å². The highest BCUT2D eigenvalue weighted by Crippen LogP contribution is 2.23. The molecule has 126 valence electrons. The van der Waals surface area contributed by atoms with Crippen molar-refractivity contribution >= 4 is 34.0 Å².